The van der Waals surface area contributed by atoms with Gasteiger partial charge >= 0.3 is 0 Å². The largest absolute Gasteiger partial charge is 0.315 e. The summed E-state index contributed by atoms with van der Waals surface area (Å²) in [5.74, 6) is 1.02. The maximum atomic E-state index is 10.5. The first kappa shape index (κ1) is 7.36. The van der Waals surface area contributed by atoms with Gasteiger partial charge in [0.2, 0.25) is 0 Å². The summed E-state index contributed by atoms with van der Waals surface area (Å²) in [7, 11) is 0. The van der Waals surface area contributed by atoms with Gasteiger partial charge in [0.1, 0.15) is 10.3 Å². The van der Waals surface area contributed by atoms with Gasteiger partial charge in [-0.3, -0.25) is 4.79 Å². The van der Waals surface area contributed by atoms with Crippen LogP contribution >= 0.6 is 27.7 Å². The lowest BCUT2D eigenvalue weighted by molar-refractivity contribution is 0.111. The zero-order valence-electron chi connectivity index (χ0n) is 5.58. The Balaban J connectivity index is 2.60. The zero-order valence-corrected chi connectivity index (χ0v) is 7.98. The number of imidazole rings is 1. The fourth-order valence-electron chi connectivity index (χ4n) is 1.08. The van der Waals surface area contributed by atoms with Crippen LogP contribution in [0.25, 0.3) is 0 Å². The lowest BCUT2D eigenvalue weighted by Crippen LogP contribution is -1.98. The highest BCUT2D eigenvalue weighted by Crippen LogP contribution is 2.29. The van der Waals surface area contributed by atoms with Crippen molar-refractivity contribution in [3.63, 3.8) is 0 Å². The molecule has 2 heterocycles. The number of carbonyl (C=O) groups is 1. The Morgan fingerprint density at radius 2 is 2.55 bits per heavy atom. The molecule has 0 N–H and O–H groups in total. The number of rotatable bonds is 1. The molecule has 0 aromatic carbocycles. The summed E-state index contributed by atoms with van der Waals surface area (Å²) < 4.78 is 2.59. The molecule has 0 amide bonds. The van der Waals surface area contributed by atoms with E-state index in [4.69, 9.17) is 0 Å². The monoisotopic (exact) mass is 232 g/mol. The maximum absolute atomic E-state index is 10.5. The van der Waals surface area contributed by atoms with E-state index in [1.807, 2.05) is 4.57 Å². The van der Waals surface area contributed by atoms with Gasteiger partial charge in [0.15, 0.2) is 11.4 Å². The minimum Gasteiger partial charge on any atom is -0.315 e. The van der Waals surface area contributed by atoms with E-state index in [1.165, 1.54) is 0 Å². The Kier molecular flexibility index (Phi) is 1.77. The Bertz CT molecular complexity index is 310. The summed E-state index contributed by atoms with van der Waals surface area (Å²) in [6.45, 7) is 0.896. The van der Waals surface area contributed by atoms with E-state index >= 15 is 0 Å². The third-order valence-electron chi connectivity index (χ3n) is 1.58. The number of halogens is 1. The fourth-order valence-corrected chi connectivity index (χ4v) is 2.63. The number of aromatic nitrogens is 2. The van der Waals surface area contributed by atoms with Crippen molar-refractivity contribution in [2.24, 2.45) is 0 Å². The van der Waals surface area contributed by atoms with E-state index in [-0.39, 0.29) is 0 Å². The molecule has 1 aliphatic heterocycles. The summed E-state index contributed by atoms with van der Waals surface area (Å²) in [6.07, 6.45) is 0.840. The van der Waals surface area contributed by atoms with Gasteiger partial charge in [0.25, 0.3) is 0 Å². The first-order valence-electron chi connectivity index (χ1n) is 3.17. The quantitative estimate of drug-likeness (QED) is 0.690. The molecule has 0 fully saturated rings. The van der Waals surface area contributed by atoms with Crippen LogP contribution in [0, 0.1) is 0 Å². The highest BCUT2D eigenvalue weighted by Gasteiger charge is 2.19. The molecule has 0 saturated carbocycles. The van der Waals surface area contributed by atoms with E-state index in [0.29, 0.717) is 10.3 Å². The van der Waals surface area contributed by atoms with Crippen LogP contribution in [-0.4, -0.2) is 21.6 Å². The Labute approximate surface area is 76.3 Å². The van der Waals surface area contributed by atoms with Crippen molar-refractivity contribution in [2.75, 3.05) is 5.75 Å². The average Bonchev–Trinajstić information content (AvgIpc) is 2.46. The van der Waals surface area contributed by atoms with Crippen LogP contribution < -0.4 is 0 Å². The molecule has 0 radical (unpaired) electrons. The van der Waals surface area contributed by atoms with Gasteiger partial charge < -0.3 is 4.57 Å². The molecule has 2 rings (SSSR count). The molecule has 0 unspecified atom stereocenters. The molecular weight excluding hydrogens is 228 g/mol. The zero-order chi connectivity index (χ0) is 7.84. The van der Waals surface area contributed by atoms with Crippen LogP contribution in [-0.2, 0) is 6.54 Å². The topological polar surface area (TPSA) is 34.9 Å². The third-order valence-corrected chi connectivity index (χ3v) is 3.12. The van der Waals surface area contributed by atoms with Gasteiger partial charge in [0, 0.05) is 12.3 Å². The number of fused-ring (bicyclic) bond motifs is 1. The molecule has 5 heteroatoms. The van der Waals surface area contributed by atoms with Crippen molar-refractivity contribution in [3.05, 3.63) is 10.3 Å². The summed E-state index contributed by atoms with van der Waals surface area (Å²) in [6, 6.07) is 0. The predicted molar refractivity (Wildman–Crippen MR) is 46.0 cm³/mol. The number of aldehydes is 1. The van der Waals surface area contributed by atoms with Crippen molar-refractivity contribution in [2.45, 2.75) is 11.7 Å². The normalized spacial score (nSPS) is 15.0. The number of hydrogen-bond acceptors (Lipinski definition) is 3. The van der Waals surface area contributed by atoms with E-state index in [9.17, 15) is 4.79 Å². The summed E-state index contributed by atoms with van der Waals surface area (Å²) >= 11 is 4.91. The van der Waals surface area contributed by atoms with Crippen molar-refractivity contribution in [1.82, 2.24) is 9.55 Å². The molecule has 1 aliphatic rings. The van der Waals surface area contributed by atoms with Crippen LogP contribution in [0.15, 0.2) is 9.76 Å². The fraction of sp³-hybridized carbons (Fsp3) is 0.333. The standard InChI is InChI=1S/C6H5BrN2OS/c7-5-4(3-10)9-1-2-11-6(9)8-5/h3H,1-2H2. The molecule has 0 spiro atoms. The minimum atomic E-state index is 0.657. The minimum absolute atomic E-state index is 0.657. The predicted octanol–water partition coefficient (Wildman–Crippen LogP) is 1.56. The van der Waals surface area contributed by atoms with Gasteiger partial charge in [-0.05, 0) is 15.9 Å². The highest BCUT2D eigenvalue weighted by atomic mass is 79.9. The van der Waals surface area contributed by atoms with Gasteiger partial charge in [-0.2, -0.15) is 0 Å². The maximum Gasteiger partial charge on any atom is 0.169 e. The molecule has 1 aromatic rings. The van der Waals surface area contributed by atoms with Crippen molar-refractivity contribution in [3.8, 4) is 0 Å². The average molecular weight is 233 g/mol. The van der Waals surface area contributed by atoms with Crippen LogP contribution in [0.3, 0.4) is 0 Å². The third kappa shape index (κ3) is 1.03. The van der Waals surface area contributed by atoms with Gasteiger partial charge in [-0.25, -0.2) is 4.98 Å². The molecular formula is C6H5BrN2OS. The first-order valence-corrected chi connectivity index (χ1v) is 4.95. The molecule has 58 valence electrons. The lowest BCUT2D eigenvalue weighted by Gasteiger charge is -1.94. The van der Waals surface area contributed by atoms with Gasteiger partial charge in [0.05, 0.1) is 0 Å². The Morgan fingerprint density at radius 3 is 3.27 bits per heavy atom. The van der Waals surface area contributed by atoms with Crippen molar-refractivity contribution < 1.29 is 4.79 Å². The number of thioether (sulfide) groups is 1. The smallest absolute Gasteiger partial charge is 0.169 e. The highest BCUT2D eigenvalue weighted by molar-refractivity contribution is 9.10. The van der Waals surface area contributed by atoms with Crippen LogP contribution in [0.5, 0.6) is 0 Å². The van der Waals surface area contributed by atoms with Crippen molar-refractivity contribution in [1.29, 1.82) is 0 Å². The van der Waals surface area contributed by atoms with Gasteiger partial charge in [-0.15, -0.1) is 0 Å². The van der Waals surface area contributed by atoms with E-state index in [2.05, 4.69) is 20.9 Å². The molecule has 0 atom stereocenters. The van der Waals surface area contributed by atoms with E-state index in [1.54, 1.807) is 11.8 Å². The van der Waals surface area contributed by atoms with Crippen LogP contribution in [0.1, 0.15) is 10.5 Å². The van der Waals surface area contributed by atoms with E-state index < -0.39 is 0 Å². The van der Waals surface area contributed by atoms with Crippen LogP contribution in [0.4, 0.5) is 0 Å². The van der Waals surface area contributed by atoms with Crippen molar-refractivity contribution >= 4 is 34.0 Å². The second kappa shape index (κ2) is 2.64. The number of carbonyl (C=O) groups excluding carboxylic acids is 1. The number of hydrogen-bond donors (Lipinski definition) is 0. The van der Waals surface area contributed by atoms with Gasteiger partial charge in [-0.1, -0.05) is 11.8 Å². The SMILES string of the molecule is O=Cc1c(Br)nc2n1CCS2. The number of nitrogens with zero attached hydrogens (tertiary/aromatic N) is 2. The summed E-state index contributed by atoms with van der Waals surface area (Å²) in [5, 5.41) is 0.943. The second-order valence-corrected chi connectivity index (χ2v) is 4.00. The molecule has 0 saturated heterocycles. The van der Waals surface area contributed by atoms with E-state index in [0.717, 1.165) is 23.7 Å². The Morgan fingerprint density at radius 1 is 1.73 bits per heavy atom. The Hall–Kier alpha value is -0.290. The molecule has 3 nitrogen and oxygen atoms in total. The summed E-state index contributed by atoms with van der Waals surface area (Å²) in [4.78, 5) is 14.7. The molecule has 0 bridgehead atoms. The molecule has 11 heavy (non-hydrogen) atoms. The second-order valence-electron chi connectivity index (χ2n) is 2.19. The molecule has 1 aromatic heterocycles. The summed E-state index contributed by atoms with van der Waals surface area (Å²) in [5.41, 5.74) is 0.657. The molecule has 0 aliphatic carbocycles. The van der Waals surface area contributed by atoms with Crippen LogP contribution in [0.2, 0.25) is 0 Å². The lowest BCUT2D eigenvalue weighted by atomic mass is 10.5. The first-order chi connectivity index (χ1) is 5.33.